The lowest BCUT2D eigenvalue weighted by atomic mass is 9.99. The smallest absolute Gasteiger partial charge is 0.0522 e. The Bertz CT molecular complexity index is 548. The Balaban J connectivity index is 2.23. The lowest BCUT2D eigenvalue weighted by Gasteiger charge is -2.19. The van der Waals surface area contributed by atoms with Gasteiger partial charge in [-0.15, -0.1) is 0 Å². The van der Waals surface area contributed by atoms with E-state index in [1.54, 1.807) is 0 Å². The zero-order valence-corrected chi connectivity index (χ0v) is 13.2. The summed E-state index contributed by atoms with van der Waals surface area (Å²) in [6, 6.07) is 6.84. The lowest BCUT2D eigenvalue weighted by molar-refractivity contribution is 0.547. The van der Waals surface area contributed by atoms with E-state index in [4.69, 9.17) is 0 Å². The largest absolute Gasteiger partial charge is 0.310 e. The van der Waals surface area contributed by atoms with Crippen LogP contribution in [0.25, 0.3) is 0 Å². The van der Waals surface area contributed by atoms with Gasteiger partial charge in [-0.25, -0.2) is 0 Å². The molecular weight excluding hydrogens is 302 g/mol. The molecule has 102 valence electrons. The monoisotopic (exact) mass is 321 g/mol. The van der Waals surface area contributed by atoms with Crippen molar-refractivity contribution in [3.63, 3.8) is 0 Å². The van der Waals surface area contributed by atoms with E-state index in [-0.39, 0.29) is 0 Å². The zero-order valence-electron chi connectivity index (χ0n) is 11.7. The van der Waals surface area contributed by atoms with Gasteiger partial charge in [-0.2, -0.15) is 5.10 Å². The van der Waals surface area contributed by atoms with Gasteiger partial charge in [0.25, 0.3) is 0 Å². The van der Waals surface area contributed by atoms with Crippen molar-refractivity contribution < 1.29 is 0 Å². The summed E-state index contributed by atoms with van der Waals surface area (Å²) in [6.07, 6.45) is 4.96. The average molecular weight is 322 g/mol. The fourth-order valence-corrected chi connectivity index (χ4v) is 3.04. The molecular formula is C15H20BrN3. The fraction of sp³-hybridized carbons (Fsp3) is 0.400. The molecule has 0 spiro atoms. The first-order valence-electron chi connectivity index (χ1n) is 6.57. The Kier molecular flexibility index (Phi) is 4.77. The first-order chi connectivity index (χ1) is 9.10. The van der Waals surface area contributed by atoms with Crippen molar-refractivity contribution in [2.24, 2.45) is 7.05 Å². The van der Waals surface area contributed by atoms with E-state index in [1.165, 1.54) is 21.2 Å². The predicted octanol–water partition coefficient (Wildman–Crippen LogP) is 3.38. The van der Waals surface area contributed by atoms with E-state index in [0.717, 1.165) is 13.0 Å². The number of halogens is 1. The highest BCUT2D eigenvalue weighted by Gasteiger charge is 2.15. The number of likely N-dealkylation sites (N-methyl/N-ethyl adjacent to an activating group) is 1. The van der Waals surface area contributed by atoms with Crippen LogP contribution in [0.5, 0.6) is 0 Å². The van der Waals surface area contributed by atoms with Gasteiger partial charge in [-0.3, -0.25) is 4.68 Å². The Morgan fingerprint density at radius 2 is 2.21 bits per heavy atom. The molecule has 3 nitrogen and oxygen atoms in total. The normalized spacial score (nSPS) is 12.6. The molecule has 1 atom stereocenters. The van der Waals surface area contributed by atoms with Gasteiger partial charge in [0, 0.05) is 23.8 Å². The fourth-order valence-electron chi connectivity index (χ4n) is 2.27. The zero-order chi connectivity index (χ0) is 13.8. The quantitative estimate of drug-likeness (QED) is 0.914. The van der Waals surface area contributed by atoms with Gasteiger partial charge in [0.1, 0.15) is 0 Å². The Morgan fingerprint density at radius 3 is 2.79 bits per heavy atom. The van der Waals surface area contributed by atoms with Crippen LogP contribution in [-0.2, 0) is 13.5 Å². The maximum absolute atomic E-state index is 4.24. The number of nitrogens with zero attached hydrogens (tertiary/aromatic N) is 2. The van der Waals surface area contributed by atoms with Gasteiger partial charge in [-0.1, -0.05) is 35.0 Å². The van der Waals surface area contributed by atoms with E-state index >= 15 is 0 Å². The highest BCUT2D eigenvalue weighted by atomic mass is 79.9. The van der Waals surface area contributed by atoms with Gasteiger partial charge in [0.2, 0.25) is 0 Å². The molecule has 1 aromatic heterocycles. The van der Waals surface area contributed by atoms with Gasteiger partial charge in [-0.05, 0) is 42.6 Å². The number of nitrogens with one attached hydrogen (secondary N) is 1. The number of hydrogen-bond acceptors (Lipinski definition) is 2. The van der Waals surface area contributed by atoms with Gasteiger partial charge < -0.3 is 5.32 Å². The molecule has 0 radical (unpaired) electrons. The second-order valence-corrected chi connectivity index (χ2v) is 5.72. The number of aromatic nitrogens is 2. The number of hydrogen-bond donors (Lipinski definition) is 1. The van der Waals surface area contributed by atoms with Crippen molar-refractivity contribution in [1.82, 2.24) is 15.1 Å². The third kappa shape index (κ3) is 3.67. The Labute approximate surface area is 123 Å². The van der Waals surface area contributed by atoms with Crippen molar-refractivity contribution in [3.05, 3.63) is 51.8 Å². The highest BCUT2D eigenvalue weighted by Crippen LogP contribution is 2.27. The molecule has 1 N–H and O–H groups in total. The van der Waals surface area contributed by atoms with E-state index < -0.39 is 0 Å². The Morgan fingerprint density at radius 1 is 1.42 bits per heavy atom. The van der Waals surface area contributed by atoms with Crippen LogP contribution in [0.3, 0.4) is 0 Å². The van der Waals surface area contributed by atoms with Crippen LogP contribution in [0.15, 0.2) is 35.1 Å². The van der Waals surface area contributed by atoms with Gasteiger partial charge in [0.05, 0.1) is 6.20 Å². The predicted molar refractivity (Wildman–Crippen MR) is 82.2 cm³/mol. The SMILES string of the molecule is CCNC(Cc1cnn(C)c1)c1ccc(C)cc1Br. The summed E-state index contributed by atoms with van der Waals surface area (Å²) in [5.74, 6) is 0. The molecule has 1 heterocycles. The summed E-state index contributed by atoms with van der Waals surface area (Å²) in [7, 11) is 1.95. The molecule has 0 aliphatic heterocycles. The minimum Gasteiger partial charge on any atom is -0.310 e. The summed E-state index contributed by atoms with van der Waals surface area (Å²) in [5, 5.41) is 7.79. The Hall–Kier alpha value is -1.13. The summed E-state index contributed by atoms with van der Waals surface area (Å²) < 4.78 is 3.02. The molecule has 0 amide bonds. The molecule has 0 aliphatic rings. The van der Waals surface area contributed by atoms with Crippen LogP contribution >= 0.6 is 15.9 Å². The van der Waals surface area contributed by atoms with E-state index in [2.05, 4.69) is 64.6 Å². The molecule has 2 aromatic rings. The minimum atomic E-state index is 0.309. The van der Waals surface area contributed by atoms with E-state index in [9.17, 15) is 0 Å². The average Bonchev–Trinajstić information content (AvgIpc) is 2.74. The number of aryl methyl sites for hydroxylation is 2. The highest BCUT2D eigenvalue weighted by molar-refractivity contribution is 9.10. The minimum absolute atomic E-state index is 0.309. The number of benzene rings is 1. The molecule has 0 bridgehead atoms. The van der Waals surface area contributed by atoms with Crippen molar-refractivity contribution in [3.8, 4) is 0 Å². The van der Waals surface area contributed by atoms with Crippen LogP contribution in [0.1, 0.15) is 29.7 Å². The van der Waals surface area contributed by atoms with Crippen LogP contribution < -0.4 is 5.32 Å². The summed E-state index contributed by atoms with van der Waals surface area (Å²) in [4.78, 5) is 0. The van der Waals surface area contributed by atoms with Crippen molar-refractivity contribution in [2.45, 2.75) is 26.3 Å². The van der Waals surface area contributed by atoms with E-state index in [0.29, 0.717) is 6.04 Å². The molecule has 1 unspecified atom stereocenters. The van der Waals surface area contributed by atoms with Crippen molar-refractivity contribution in [1.29, 1.82) is 0 Å². The second-order valence-electron chi connectivity index (χ2n) is 4.86. The van der Waals surface area contributed by atoms with Crippen LogP contribution in [0, 0.1) is 6.92 Å². The van der Waals surface area contributed by atoms with Crippen molar-refractivity contribution in [2.75, 3.05) is 6.54 Å². The maximum Gasteiger partial charge on any atom is 0.0522 e. The standard InChI is InChI=1S/C15H20BrN3/c1-4-17-15(8-12-9-18-19(3)10-12)13-6-5-11(2)7-14(13)16/h5-7,9-10,15,17H,4,8H2,1-3H3. The molecule has 0 aliphatic carbocycles. The maximum atomic E-state index is 4.24. The molecule has 0 saturated heterocycles. The van der Waals surface area contributed by atoms with Crippen LogP contribution in [-0.4, -0.2) is 16.3 Å². The third-order valence-electron chi connectivity index (χ3n) is 3.18. The molecule has 2 rings (SSSR count). The van der Waals surface area contributed by atoms with E-state index in [1.807, 2.05) is 17.9 Å². The second kappa shape index (κ2) is 6.35. The number of rotatable bonds is 5. The first kappa shape index (κ1) is 14.3. The van der Waals surface area contributed by atoms with Crippen molar-refractivity contribution >= 4 is 15.9 Å². The molecule has 4 heteroatoms. The third-order valence-corrected chi connectivity index (χ3v) is 3.87. The van der Waals surface area contributed by atoms with Crippen LogP contribution in [0.4, 0.5) is 0 Å². The molecule has 19 heavy (non-hydrogen) atoms. The lowest BCUT2D eigenvalue weighted by Crippen LogP contribution is -2.23. The summed E-state index contributed by atoms with van der Waals surface area (Å²) >= 11 is 3.68. The summed E-state index contributed by atoms with van der Waals surface area (Å²) in [6.45, 7) is 5.20. The van der Waals surface area contributed by atoms with Gasteiger partial charge in [0.15, 0.2) is 0 Å². The van der Waals surface area contributed by atoms with Gasteiger partial charge >= 0.3 is 0 Å². The molecule has 0 fully saturated rings. The summed E-state index contributed by atoms with van der Waals surface area (Å²) in [5.41, 5.74) is 3.82. The first-order valence-corrected chi connectivity index (χ1v) is 7.36. The van der Waals surface area contributed by atoms with Crippen LogP contribution in [0.2, 0.25) is 0 Å². The molecule has 0 saturated carbocycles. The molecule has 1 aromatic carbocycles. The topological polar surface area (TPSA) is 29.9 Å².